The Morgan fingerprint density at radius 3 is 2.56 bits per heavy atom. The van der Waals surface area contributed by atoms with Gasteiger partial charge in [-0.2, -0.15) is 9.78 Å². The molecule has 1 aromatic carbocycles. The number of hydrogen-bond donors (Lipinski definition) is 1. The third-order valence-corrected chi connectivity index (χ3v) is 2.69. The molecule has 6 nitrogen and oxygen atoms in total. The first-order valence-electron chi connectivity index (χ1n) is 5.59. The minimum Gasteiger partial charge on any atom is -0.497 e. The topological polar surface area (TPSA) is 69.3 Å². The normalized spacial score (nSPS) is 10.6. The van der Waals surface area contributed by atoms with E-state index in [0.29, 0.717) is 11.5 Å². The maximum absolute atomic E-state index is 12.1. The van der Waals surface area contributed by atoms with Crippen LogP contribution in [0.5, 0.6) is 5.75 Å². The Hall–Kier alpha value is -2.08. The van der Waals surface area contributed by atoms with Crippen LogP contribution in [0.25, 0.3) is 5.69 Å². The number of aliphatic hydroxyl groups excluding tert-OH is 1. The van der Waals surface area contributed by atoms with Gasteiger partial charge in [0.05, 0.1) is 25.9 Å². The Morgan fingerprint density at radius 1 is 1.33 bits per heavy atom. The summed E-state index contributed by atoms with van der Waals surface area (Å²) in [5, 5.41) is 13.1. The standard InChI is InChI=1S/C12H15N3O3/c1-9-13-15(12(17)14(9)7-8-16)10-3-5-11(18-2)6-4-10/h3-6,16H,7-8H2,1-2H3. The number of ether oxygens (including phenoxy) is 1. The monoisotopic (exact) mass is 249 g/mol. The van der Waals surface area contributed by atoms with Crippen LogP contribution in [0.1, 0.15) is 5.82 Å². The van der Waals surface area contributed by atoms with E-state index >= 15 is 0 Å². The summed E-state index contributed by atoms with van der Waals surface area (Å²) in [7, 11) is 1.58. The first kappa shape index (κ1) is 12.4. The fourth-order valence-electron chi connectivity index (χ4n) is 1.74. The lowest BCUT2D eigenvalue weighted by atomic mass is 10.3. The molecule has 0 aliphatic heterocycles. The first-order chi connectivity index (χ1) is 8.67. The molecule has 96 valence electrons. The lowest BCUT2D eigenvalue weighted by molar-refractivity contribution is 0.273. The van der Waals surface area contributed by atoms with E-state index in [1.165, 1.54) is 9.25 Å². The SMILES string of the molecule is COc1ccc(-n2nc(C)n(CCO)c2=O)cc1. The van der Waals surface area contributed by atoms with E-state index in [-0.39, 0.29) is 18.8 Å². The molecule has 0 atom stereocenters. The van der Waals surface area contributed by atoms with Crippen molar-refractivity contribution in [2.24, 2.45) is 0 Å². The molecule has 2 aromatic rings. The van der Waals surface area contributed by atoms with Crippen molar-refractivity contribution in [2.75, 3.05) is 13.7 Å². The van der Waals surface area contributed by atoms with Crippen molar-refractivity contribution in [1.82, 2.24) is 14.3 Å². The average molecular weight is 249 g/mol. The Kier molecular flexibility index (Phi) is 3.47. The van der Waals surface area contributed by atoms with Gasteiger partial charge in [-0.05, 0) is 31.2 Å². The van der Waals surface area contributed by atoms with Crippen LogP contribution >= 0.6 is 0 Å². The maximum Gasteiger partial charge on any atom is 0.350 e. The highest BCUT2D eigenvalue weighted by molar-refractivity contribution is 5.36. The number of aryl methyl sites for hydroxylation is 1. The number of benzene rings is 1. The summed E-state index contributed by atoms with van der Waals surface area (Å²) in [5.74, 6) is 1.29. The molecule has 0 saturated heterocycles. The fraction of sp³-hybridized carbons (Fsp3) is 0.333. The molecule has 0 spiro atoms. The lowest BCUT2D eigenvalue weighted by Crippen LogP contribution is -2.25. The van der Waals surface area contributed by atoms with E-state index in [4.69, 9.17) is 9.84 Å². The first-order valence-corrected chi connectivity index (χ1v) is 5.59. The smallest absolute Gasteiger partial charge is 0.350 e. The van der Waals surface area contributed by atoms with Crippen molar-refractivity contribution in [1.29, 1.82) is 0 Å². The van der Waals surface area contributed by atoms with Crippen LogP contribution in [0.2, 0.25) is 0 Å². The average Bonchev–Trinajstić information content (AvgIpc) is 2.67. The molecular formula is C12H15N3O3. The molecule has 0 bridgehead atoms. The van der Waals surface area contributed by atoms with Crippen molar-refractivity contribution in [3.8, 4) is 11.4 Å². The summed E-state index contributed by atoms with van der Waals surface area (Å²) < 4.78 is 7.80. The highest BCUT2D eigenvalue weighted by atomic mass is 16.5. The number of aromatic nitrogens is 3. The summed E-state index contributed by atoms with van der Waals surface area (Å²) in [6, 6.07) is 7.05. The van der Waals surface area contributed by atoms with Crippen LogP contribution in [0, 0.1) is 6.92 Å². The van der Waals surface area contributed by atoms with E-state index in [2.05, 4.69) is 5.10 Å². The quantitative estimate of drug-likeness (QED) is 0.848. The number of hydrogen-bond acceptors (Lipinski definition) is 4. The molecule has 0 radical (unpaired) electrons. The van der Waals surface area contributed by atoms with E-state index < -0.39 is 0 Å². The highest BCUT2D eigenvalue weighted by Gasteiger charge is 2.10. The van der Waals surface area contributed by atoms with Gasteiger partial charge < -0.3 is 9.84 Å². The van der Waals surface area contributed by atoms with Crippen molar-refractivity contribution in [3.63, 3.8) is 0 Å². The number of methoxy groups -OCH3 is 1. The summed E-state index contributed by atoms with van der Waals surface area (Å²) in [4.78, 5) is 12.1. The Morgan fingerprint density at radius 2 is 2.00 bits per heavy atom. The minimum atomic E-state index is -0.258. The second-order valence-corrected chi connectivity index (χ2v) is 3.81. The Labute approximate surface area is 104 Å². The Balaban J connectivity index is 2.44. The van der Waals surface area contributed by atoms with Gasteiger partial charge in [-0.15, -0.1) is 0 Å². The van der Waals surface area contributed by atoms with Crippen LogP contribution in [0.15, 0.2) is 29.1 Å². The molecule has 0 fully saturated rings. The van der Waals surface area contributed by atoms with E-state index in [0.717, 1.165) is 5.75 Å². The maximum atomic E-state index is 12.1. The molecular weight excluding hydrogens is 234 g/mol. The van der Waals surface area contributed by atoms with Crippen LogP contribution in [0.3, 0.4) is 0 Å². The summed E-state index contributed by atoms with van der Waals surface area (Å²) in [6.45, 7) is 1.90. The predicted octanol–water partition coefficient (Wildman–Crippen LogP) is 0.343. The molecule has 0 aliphatic rings. The minimum absolute atomic E-state index is 0.0882. The van der Waals surface area contributed by atoms with Gasteiger partial charge >= 0.3 is 5.69 Å². The summed E-state index contributed by atoms with van der Waals surface area (Å²) >= 11 is 0. The van der Waals surface area contributed by atoms with Crippen LogP contribution in [0.4, 0.5) is 0 Å². The van der Waals surface area contributed by atoms with E-state index in [1.807, 2.05) is 0 Å². The molecule has 0 unspecified atom stereocenters. The summed E-state index contributed by atoms with van der Waals surface area (Å²) in [6.07, 6.45) is 0. The zero-order chi connectivity index (χ0) is 13.1. The molecule has 1 N–H and O–H groups in total. The second-order valence-electron chi connectivity index (χ2n) is 3.81. The van der Waals surface area contributed by atoms with Crippen LogP contribution in [-0.2, 0) is 6.54 Å². The largest absolute Gasteiger partial charge is 0.497 e. The van der Waals surface area contributed by atoms with Crippen molar-refractivity contribution < 1.29 is 9.84 Å². The Bertz CT molecular complexity index is 584. The third kappa shape index (κ3) is 2.14. The highest BCUT2D eigenvalue weighted by Crippen LogP contribution is 2.13. The van der Waals surface area contributed by atoms with E-state index in [1.54, 1.807) is 38.3 Å². The van der Waals surface area contributed by atoms with Gasteiger partial charge in [0.25, 0.3) is 0 Å². The number of nitrogens with zero attached hydrogens (tertiary/aromatic N) is 3. The molecule has 6 heteroatoms. The third-order valence-electron chi connectivity index (χ3n) is 2.69. The summed E-state index contributed by atoms with van der Waals surface area (Å²) in [5.41, 5.74) is 0.410. The van der Waals surface area contributed by atoms with Crippen LogP contribution in [-0.4, -0.2) is 33.2 Å². The fourth-order valence-corrected chi connectivity index (χ4v) is 1.74. The van der Waals surface area contributed by atoms with Gasteiger partial charge in [-0.3, -0.25) is 4.57 Å². The second kappa shape index (κ2) is 5.05. The molecule has 18 heavy (non-hydrogen) atoms. The molecule has 0 aliphatic carbocycles. The van der Waals surface area contributed by atoms with Gasteiger partial charge in [-0.25, -0.2) is 4.79 Å². The molecule has 0 saturated carbocycles. The van der Waals surface area contributed by atoms with Gasteiger partial charge in [0.2, 0.25) is 0 Å². The molecule has 0 amide bonds. The van der Waals surface area contributed by atoms with Crippen molar-refractivity contribution in [3.05, 3.63) is 40.6 Å². The zero-order valence-electron chi connectivity index (χ0n) is 10.3. The van der Waals surface area contributed by atoms with Gasteiger partial charge in [0, 0.05) is 0 Å². The van der Waals surface area contributed by atoms with Crippen LogP contribution < -0.4 is 10.4 Å². The molecule has 1 aromatic heterocycles. The predicted molar refractivity (Wildman–Crippen MR) is 66.2 cm³/mol. The van der Waals surface area contributed by atoms with Crippen molar-refractivity contribution >= 4 is 0 Å². The van der Waals surface area contributed by atoms with Gasteiger partial charge in [0.1, 0.15) is 11.6 Å². The van der Waals surface area contributed by atoms with Crippen molar-refractivity contribution in [2.45, 2.75) is 13.5 Å². The lowest BCUT2D eigenvalue weighted by Gasteiger charge is -2.02. The van der Waals surface area contributed by atoms with E-state index in [9.17, 15) is 4.79 Å². The van der Waals surface area contributed by atoms with Gasteiger partial charge in [0.15, 0.2) is 0 Å². The molecule has 1 heterocycles. The molecule has 2 rings (SSSR count). The number of aliphatic hydroxyl groups is 1. The number of rotatable bonds is 4. The van der Waals surface area contributed by atoms with Gasteiger partial charge in [-0.1, -0.05) is 0 Å². The zero-order valence-corrected chi connectivity index (χ0v) is 10.3.